The Bertz CT molecular complexity index is 1590. The predicted octanol–water partition coefficient (Wildman–Crippen LogP) is 4.69. The number of aromatic nitrogens is 2. The van der Waals surface area contributed by atoms with Gasteiger partial charge in [0.1, 0.15) is 16.4 Å². The van der Waals surface area contributed by atoms with Crippen LogP contribution in [0, 0.1) is 23.1 Å². The Morgan fingerprint density at radius 2 is 1.88 bits per heavy atom. The van der Waals surface area contributed by atoms with E-state index in [9.17, 15) is 22.9 Å². The van der Waals surface area contributed by atoms with E-state index in [-0.39, 0.29) is 23.0 Å². The molecule has 1 saturated heterocycles. The summed E-state index contributed by atoms with van der Waals surface area (Å²) in [7, 11) is -3.06. The average Bonchev–Trinajstić information content (AvgIpc) is 3.54. The summed E-state index contributed by atoms with van der Waals surface area (Å²) in [5.74, 6) is -0.962. The van der Waals surface area contributed by atoms with Crippen LogP contribution in [0.25, 0.3) is 21.0 Å². The van der Waals surface area contributed by atoms with E-state index in [2.05, 4.69) is 16.4 Å². The van der Waals surface area contributed by atoms with Crippen LogP contribution in [0.1, 0.15) is 50.1 Å². The van der Waals surface area contributed by atoms with Crippen LogP contribution in [-0.2, 0) is 14.6 Å². The molecule has 208 valence electrons. The van der Waals surface area contributed by atoms with Gasteiger partial charge in [0.25, 0.3) is 0 Å². The fourth-order valence-electron chi connectivity index (χ4n) is 5.68. The van der Waals surface area contributed by atoms with Crippen molar-refractivity contribution < 1.29 is 17.6 Å². The summed E-state index contributed by atoms with van der Waals surface area (Å²) in [6.07, 6.45) is 8.82. The number of carbonyl (C=O) groups is 1. The third-order valence-corrected chi connectivity index (χ3v) is 11.0. The number of sulfone groups is 1. The molecule has 3 fully saturated rings. The first kappa shape index (κ1) is 26.8. The van der Waals surface area contributed by atoms with E-state index in [1.54, 1.807) is 6.20 Å². The smallest absolute Gasteiger partial charge is 0.225 e. The van der Waals surface area contributed by atoms with Crippen molar-refractivity contribution in [1.82, 2.24) is 15.3 Å². The highest BCUT2D eigenvalue weighted by molar-refractivity contribution is 7.91. The number of benzene rings is 1. The van der Waals surface area contributed by atoms with Gasteiger partial charge in [-0.05, 0) is 49.4 Å². The highest BCUT2D eigenvalue weighted by Gasteiger charge is 2.47. The number of rotatable bonds is 7. The van der Waals surface area contributed by atoms with E-state index < -0.39 is 21.2 Å². The Hall–Kier alpha value is -3.36. The van der Waals surface area contributed by atoms with Crippen LogP contribution in [0.2, 0.25) is 0 Å². The van der Waals surface area contributed by atoms with E-state index in [1.165, 1.54) is 23.7 Å². The summed E-state index contributed by atoms with van der Waals surface area (Å²) in [6, 6.07) is 11.6. The number of amides is 1. The van der Waals surface area contributed by atoms with E-state index in [0.717, 1.165) is 53.7 Å². The van der Waals surface area contributed by atoms with Gasteiger partial charge in [-0.2, -0.15) is 5.26 Å². The van der Waals surface area contributed by atoms with Gasteiger partial charge in [-0.25, -0.2) is 17.8 Å². The van der Waals surface area contributed by atoms with Crippen LogP contribution >= 0.6 is 11.3 Å². The van der Waals surface area contributed by atoms with Crippen molar-refractivity contribution in [3.05, 3.63) is 54.2 Å². The summed E-state index contributed by atoms with van der Waals surface area (Å²) < 4.78 is 37.7. The first-order valence-corrected chi connectivity index (χ1v) is 16.3. The minimum Gasteiger partial charge on any atom is -0.369 e. The maximum Gasteiger partial charge on any atom is 0.225 e. The molecule has 8 nitrogen and oxygen atoms in total. The van der Waals surface area contributed by atoms with Gasteiger partial charge in [0.05, 0.1) is 28.1 Å². The normalized spacial score (nSPS) is 22.3. The average molecular weight is 580 g/mol. The maximum absolute atomic E-state index is 14.1. The van der Waals surface area contributed by atoms with Crippen molar-refractivity contribution in [2.24, 2.45) is 5.92 Å². The van der Waals surface area contributed by atoms with Gasteiger partial charge in [-0.1, -0.05) is 25.0 Å². The molecule has 0 spiro atoms. The van der Waals surface area contributed by atoms with Crippen molar-refractivity contribution >= 4 is 32.8 Å². The zero-order chi connectivity index (χ0) is 28.1. The second-order valence-corrected chi connectivity index (χ2v) is 14.5. The Balaban J connectivity index is 1.34. The van der Waals surface area contributed by atoms with Crippen LogP contribution in [0.4, 0.5) is 10.1 Å². The number of nitrogens with one attached hydrogen (secondary N) is 1. The fourth-order valence-corrected chi connectivity index (χ4v) is 7.70. The minimum atomic E-state index is -3.06. The number of nitriles is 1. The van der Waals surface area contributed by atoms with E-state index in [1.807, 2.05) is 29.2 Å². The zero-order valence-corrected chi connectivity index (χ0v) is 23.8. The lowest BCUT2D eigenvalue weighted by Crippen LogP contribution is -2.54. The number of hydrogen-bond acceptors (Lipinski definition) is 8. The summed E-state index contributed by atoms with van der Waals surface area (Å²) in [6.45, 7) is 0.952. The standard InChI is InChI=1S/C29H30FN5O3S2/c1-40(37,38)22-15-35(16-22)21-8-6-18(7-9-21)26-25(33-28(39-26)19-12-20(30)14-32-13-19)23-4-2-3-5-24(23)27(36)34-29(17-31)10-11-29/h6-9,12-14,22-24H,2-5,10-11,15-16H2,1H3,(H,34,36)/t23-,24-/m1/s1. The third-order valence-electron chi connectivity index (χ3n) is 8.33. The summed E-state index contributed by atoms with van der Waals surface area (Å²) in [4.78, 5) is 25.4. The number of nitrogens with zero attached hydrogens (tertiary/aromatic N) is 4. The molecule has 3 aliphatic rings. The monoisotopic (exact) mass is 579 g/mol. The number of carbonyl (C=O) groups excluding carboxylic acids is 1. The fraction of sp³-hybridized carbons (Fsp3) is 0.448. The quantitative estimate of drug-likeness (QED) is 0.432. The minimum absolute atomic E-state index is 0.0924. The van der Waals surface area contributed by atoms with Crippen LogP contribution in [-0.4, -0.2) is 54.4 Å². The summed E-state index contributed by atoms with van der Waals surface area (Å²) >= 11 is 1.45. The van der Waals surface area contributed by atoms with Crippen molar-refractivity contribution in [3.63, 3.8) is 0 Å². The first-order valence-electron chi connectivity index (χ1n) is 13.5. The molecule has 11 heteroatoms. The second kappa shape index (κ2) is 10.2. The van der Waals surface area contributed by atoms with Gasteiger partial charge in [-0.3, -0.25) is 9.78 Å². The Morgan fingerprint density at radius 1 is 1.15 bits per heavy atom. The van der Waals surface area contributed by atoms with Crippen molar-refractivity contribution in [2.45, 2.75) is 55.2 Å². The lowest BCUT2D eigenvalue weighted by Gasteiger charge is -2.39. The number of pyridine rings is 1. The third kappa shape index (κ3) is 5.22. The molecule has 1 aliphatic heterocycles. The van der Waals surface area contributed by atoms with Gasteiger partial charge in [-0.15, -0.1) is 11.3 Å². The van der Waals surface area contributed by atoms with Crippen LogP contribution in [0.3, 0.4) is 0 Å². The van der Waals surface area contributed by atoms with Gasteiger partial charge < -0.3 is 10.2 Å². The predicted molar refractivity (Wildman–Crippen MR) is 152 cm³/mol. The molecule has 3 aromatic rings. The van der Waals surface area contributed by atoms with E-state index in [0.29, 0.717) is 36.5 Å². The van der Waals surface area contributed by atoms with Crippen LogP contribution < -0.4 is 10.2 Å². The Morgan fingerprint density at radius 3 is 2.52 bits per heavy atom. The molecule has 40 heavy (non-hydrogen) atoms. The van der Waals surface area contributed by atoms with Crippen molar-refractivity contribution in [3.8, 4) is 27.1 Å². The topological polar surface area (TPSA) is 116 Å². The highest BCUT2D eigenvalue weighted by Crippen LogP contribution is 2.46. The molecule has 2 atom stereocenters. The number of thiazole rings is 1. The molecule has 1 amide bonds. The van der Waals surface area contributed by atoms with E-state index >= 15 is 0 Å². The lowest BCUT2D eigenvalue weighted by atomic mass is 9.76. The molecular formula is C29H30FN5O3S2. The maximum atomic E-state index is 14.1. The molecule has 2 aliphatic carbocycles. The molecule has 2 aromatic heterocycles. The second-order valence-electron chi connectivity index (χ2n) is 11.2. The van der Waals surface area contributed by atoms with Crippen LogP contribution in [0.15, 0.2) is 42.7 Å². The van der Waals surface area contributed by atoms with E-state index in [4.69, 9.17) is 4.98 Å². The highest BCUT2D eigenvalue weighted by atomic mass is 32.2. The molecule has 1 aromatic carbocycles. The molecule has 6 rings (SSSR count). The van der Waals surface area contributed by atoms with Gasteiger partial charge in [0, 0.05) is 48.6 Å². The summed E-state index contributed by atoms with van der Waals surface area (Å²) in [5.41, 5.74) is 2.56. The van der Waals surface area contributed by atoms with Gasteiger partial charge >= 0.3 is 0 Å². The molecule has 3 heterocycles. The zero-order valence-electron chi connectivity index (χ0n) is 22.1. The molecule has 0 radical (unpaired) electrons. The molecule has 2 saturated carbocycles. The molecule has 0 bridgehead atoms. The molecular weight excluding hydrogens is 549 g/mol. The first-order chi connectivity index (χ1) is 19.2. The summed E-state index contributed by atoms with van der Waals surface area (Å²) in [5, 5.41) is 12.8. The molecule has 0 unspecified atom stereocenters. The van der Waals surface area contributed by atoms with Crippen LogP contribution in [0.5, 0.6) is 0 Å². The Kier molecular flexibility index (Phi) is 6.87. The molecule has 1 N–H and O–H groups in total. The SMILES string of the molecule is CS(=O)(=O)C1CN(c2ccc(-c3sc(-c4cncc(F)c4)nc3[C@@H]3CCCC[C@H]3C(=O)NC3(C#N)CC3)cc2)C1. The lowest BCUT2D eigenvalue weighted by molar-refractivity contribution is -0.127. The Labute approximate surface area is 237 Å². The van der Waals surface area contributed by atoms with Crippen molar-refractivity contribution in [1.29, 1.82) is 5.26 Å². The number of anilines is 1. The largest absolute Gasteiger partial charge is 0.369 e. The number of hydrogen-bond donors (Lipinski definition) is 1. The number of halogens is 1. The van der Waals surface area contributed by atoms with Crippen molar-refractivity contribution in [2.75, 3.05) is 24.2 Å². The van der Waals surface area contributed by atoms with Gasteiger partial charge in [0.15, 0.2) is 9.84 Å². The van der Waals surface area contributed by atoms with Gasteiger partial charge in [0.2, 0.25) is 5.91 Å².